The van der Waals surface area contributed by atoms with Crippen LogP contribution in [0.25, 0.3) is 11.3 Å². The zero-order chi connectivity index (χ0) is 18.7. The Balaban J connectivity index is 1.63. The van der Waals surface area contributed by atoms with Crippen LogP contribution in [0.2, 0.25) is 10.0 Å². The minimum absolute atomic E-state index is 0.236. The lowest BCUT2D eigenvalue weighted by molar-refractivity contribution is -0.143. The van der Waals surface area contributed by atoms with Crippen molar-refractivity contribution in [2.45, 2.75) is 25.7 Å². The third-order valence-electron chi connectivity index (χ3n) is 4.83. The largest absolute Gasteiger partial charge is 0.481 e. The Bertz CT molecular complexity index is 814. The molecule has 8 heteroatoms. The monoisotopic (exact) mass is 395 g/mol. The number of H-pyrrole nitrogens is 1. The van der Waals surface area contributed by atoms with Crippen molar-refractivity contribution in [3.63, 3.8) is 0 Å². The number of aliphatic carboxylic acids is 1. The Kier molecular flexibility index (Phi) is 5.84. The van der Waals surface area contributed by atoms with E-state index in [4.69, 9.17) is 28.3 Å². The number of carbonyl (C=O) groups is 2. The molecule has 0 bridgehead atoms. The van der Waals surface area contributed by atoms with Gasteiger partial charge in [-0.05, 0) is 49.8 Å². The smallest absolute Gasteiger partial charge is 0.306 e. The van der Waals surface area contributed by atoms with E-state index in [1.807, 2.05) is 0 Å². The predicted molar refractivity (Wildman–Crippen MR) is 99.5 cm³/mol. The normalized spacial score (nSPS) is 19.9. The minimum atomic E-state index is -0.727. The van der Waals surface area contributed by atoms with Gasteiger partial charge in [0.15, 0.2) is 0 Å². The van der Waals surface area contributed by atoms with Crippen LogP contribution in [0, 0.1) is 11.8 Å². The summed E-state index contributed by atoms with van der Waals surface area (Å²) in [4.78, 5) is 23.6. The van der Waals surface area contributed by atoms with Gasteiger partial charge in [-0.1, -0.05) is 23.2 Å². The molecule has 1 saturated carbocycles. The molecule has 1 aliphatic carbocycles. The average Bonchev–Trinajstić information content (AvgIpc) is 3.09. The van der Waals surface area contributed by atoms with Crippen LogP contribution in [0.15, 0.2) is 24.4 Å². The summed E-state index contributed by atoms with van der Waals surface area (Å²) in [6.07, 6.45) is 4.40. The van der Waals surface area contributed by atoms with Gasteiger partial charge in [-0.15, -0.1) is 0 Å². The number of hydrogen-bond donors (Lipinski definition) is 3. The number of nitrogens with one attached hydrogen (secondary N) is 2. The van der Waals surface area contributed by atoms with Crippen LogP contribution >= 0.6 is 23.2 Å². The molecule has 1 aliphatic rings. The number of aromatic amines is 1. The van der Waals surface area contributed by atoms with Gasteiger partial charge >= 0.3 is 5.97 Å². The van der Waals surface area contributed by atoms with Crippen molar-refractivity contribution >= 4 is 35.1 Å². The highest BCUT2D eigenvalue weighted by Crippen LogP contribution is 2.31. The summed E-state index contributed by atoms with van der Waals surface area (Å²) >= 11 is 12.1. The van der Waals surface area contributed by atoms with Gasteiger partial charge in [0.1, 0.15) is 0 Å². The molecule has 3 N–H and O–H groups in total. The van der Waals surface area contributed by atoms with Crippen molar-refractivity contribution < 1.29 is 14.7 Å². The van der Waals surface area contributed by atoms with E-state index < -0.39 is 5.97 Å². The molecule has 0 unspecified atom stereocenters. The molecule has 138 valence electrons. The third kappa shape index (κ3) is 4.19. The first-order valence-electron chi connectivity index (χ1n) is 8.45. The first-order chi connectivity index (χ1) is 12.5. The minimum Gasteiger partial charge on any atom is -0.481 e. The number of amides is 1. The lowest BCUT2D eigenvalue weighted by Crippen LogP contribution is -2.32. The Morgan fingerprint density at radius 3 is 2.62 bits per heavy atom. The van der Waals surface area contributed by atoms with Crippen molar-refractivity contribution in [1.29, 1.82) is 0 Å². The van der Waals surface area contributed by atoms with Gasteiger partial charge in [-0.25, -0.2) is 0 Å². The van der Waals surface area contributed by atoms with Crippen molar-refractivity contribution in [3.05, 3.63) is 40.0 Å². The van der Waals surface area contributed by atoms with E-state index in [0.717, 1.165) is 12.8 Å². The van der Waals surface area contributed by atoms with Crippen molar-refractivity contribution in [3.8, 4) is 11.3 Å². The summed E-state index contributed by atoms with van der Waals surface area (Å²) in [5.74, 6) is -0.922. The highest BCUT2D eigenvalue weighted by Gasteiger charge is 2.26. The summed E-state index contributed by atoms with van der Waals surface area (Å²) in [6.45, 7) is 0.518. The number of aromatic nitrogens is 2. The second-order valence-corrected chi connectivity index (χ2v) is 7.39. The van der Waals surface area contributed by atoms with E-state index in [1.165, 1.54) is 6.20 Å². The maximum Gasteiger partial charge on any atom is 0.306 e. The summed E-state index contributed by atoms with van der Waals surface area (Å²) < 4.78 is 0. The zero-order valence-corrected chi connectivity index (χ0v) is 15.5. The number of halogens is 2. The molecule has 1 amide bonds. The first kappa shape index (κ1) is 18.7. The van der Waals surface area contributed by atoms with Crippen molar-refractivity contribution in [2.24, 2.45) is 11.8 Å². The van der Waals surface area contributed by atoms with Crippen LogP contribution in [-0.4, -0.2) is 33.7 Å². The Morgan fingerprint density at radius 2 is 1.96 bits per heavy atom. The van der Waals surface area contributed by atoms with Gasteiger partial charge in [0, 0.05) is 17.1 Å². The number of carbonyl (C=O) groups excluding carboxylic acids is 1. The van der Waals surface area contributed by atoms with E-state index in [-0.39, 0.29) is 11.8 Å². The highest BCUT2D eigenvalue weighted by molar-refractivity contribution is 6.36. The molecule has 0 spiro atoms. The van der Waals surface area contributed by atoms with Gasteiger partial charge in [-0.2, -0.15) is 5.10 Å². The first-order valence-corrected chi connectivity index (χ1v) is 9.21. The molecule has 0 aliphatic heterocycles. The van der Waals surface area contributed by atoms with E-state index in [9.17, 15) is 9.59 Å². The van der Waals surface area contributed by atoms with Crippen LogP contribution in [-0.2, 0) is 4.79 Å². The van der Waals surface area contributed by atoms with Crippen molar-refractivity contribution in [1.82, 2.24) is 15.5 Å². The molecular weight excluding hydrogens is 377 g/mol. The fraction of sp³-hybridized carbons (Fsp3) is 0.389. The summed E-state index contributed by atoms with van der Waals surface area (Å²) in [5, 5.41) is 19.7. The third-order valence-corrected chi connectivity index (χ3v) is 5.38. The molecule has 1 heterocycles. The van der Waals surface area contributed by atoms with Gasteiger partial charge in [0.05, 0.1) is 28.4 Å². The topological polar surface area (TPSA) is 95.1 Å². The van der Waals surface area contributed by atoms with E-state index in [0.29, 0.717) is 52.2 Å². The Labute approximate surface area is 160 Å². The Morgan fingerprint density at radius 1 is 1.23 bits per heavy atom. The second kappa shape index (κ2) is 8.10. The van der Waals surface area contributed by atoms with Crippen LogP contribution < -0.4 is 5.32 Å². The van der Waals surface area contributed by atoms with Crippen molar-refractivity contribution in [2.75, 3.05) is 6.54 Å². The van der Waals surface area contributed by atoms with E-state index in [1.54, 1.807) is 18.2 Å². The lowest BCUT2D eigenvalue weighted by atomic mass is 9.82. The number of benzene rings is 1. The van der Waals surface area contributed by atoms with Crippen LogP contribution in [0.1, 0.15) is 36.0 Å². The summed E-state index contributed by atoms with van der Waals surface area (Å²) in [6, 6.07) is 5.05. The molecule has 1 fully saturated rings. The Hall–Kier alpha value is -2.05. The van der Waals surface area contributed by atoms with Crippen LogP contribution in [0.4, 0.5) is 0 Å². The molecule has 1 aromatic heterocycles. The standard InChI is InChI=1S/C18H19Cl2N3O3/c19-12-5-6-13(15(20)7-12)16-14(9-22-23-16)17(24)21-8-10-1-3-11(4-2-10)18(25)26/h5-7,9-11H,1-4,8H2,(H,21,24)(H,22,23)(H,25,26). The number of carboxylic acid groups (broad SMARTS) is 1. The molecule has 0 saturated heterocycles. The zero-order valence-electron chi connectivity index (χ0n) is 14.0. The number of hydrogen-bond acceptors (Lipinski definition) is 3. The number of nitrogens with zero attached hydrogens (tertiary/aromatic N) is 1. The van der Waals surface area contributed by atoms with Gasteiger partial charge < -0.3 is 10.4 Å². The maximum atomic E-state index is 12.6. The van der Waals surface area contributed by atoms with Gasteiger partial charge in [0.2, 0.25) is 0 Å². The van der Waals surface area contributed by atoms with Gasteiger partial charge in [0.25, 0.3) is 5.91 Å². The summed E-state index contributed by atoms with van der Waals surface area (Å²) in [7, 11) is 0. The molecule has 0 atom stereocenters. The fourth-order valence-electron chi connectivity index (χ4n) is 3.30. The van der Waals surface area contributed by atoms with E-state index in [2.05, 4.69) is 15.5 Å². The SMILES string of the molecule is O=C(NCC1CCC(C(=O)O)CC1)c1cn[nH]c1-c1ccc(Cl)cc1Cl. The van der Waals surface area contributed by atoms with E-state index >= 15 is 0 Å². The maximum absolute atomic E-state index is 12.6. The number of rotatable bonds is 5. The van der Waals surface area contributed by atoms with Gasteiger partial charge in [-0.3, -0.25) is 14.7 Å². The predicted octanol–water partition coefficient (Wildman–Crippen LogP) is 4.00. The molecule has 3 rings (SSSR count). The fourth-order valence-corrected chi connectivity index (χ4v) is 3.80. The average molecular weight is 396 g/mol. The molecule has 1 aromatic carbocycles. The number of carboxylic acids is 1. The molecule has 6 nitrogen and oxygen atoms in total. The molecular formula is C18H19Cl2N3O3. The van der Waals surface area contributed by atoms with Crippen LogP contribution in [0.3, 0.4) is 0 Å². The summed E-state index contributed by atoms with van der Waals surface area (Å²) in [5.41, 5.74) is 1.60. The lowest BCUT2D eigenvalue weighted by Gasteiger charge is -2.26. The highest BCUT2D eigenvalue weighted by atomic mass is 35.5. The van der Waals surface area contributed by atoms with Crippen LogP contribution in [0.5, 0.6) is 0 Å². The molecule has 2 aromatic rings. The molecule has 26 heavy (non-hydrogen) atoms. The molecule has 0 radical (unpaired) electrons. The quantitative estimate of drug-likeness (QED) is 0.712. The second-order valence-electron chi connectivity index (χ2n) is 6.55.